The first kappa shape index (κ1) is 101. The molecule has 147 heavy (non-hydrogen) atoms. The second kappa shape index (κ2) is 43.8. The lowest BCUT2D eigenvalue weighted by molar-refractivity contribution is -0.158. The molecule has 1 unspecified atom stereocenters. The number of H-pyrrole nitrogens is 5. The average Bonchev–Trinajstić information content (AvgIpc) is 1.72. The fraction of sp³-hybridized carbons (Fsp3) is 0.216. The first-order valence-electron chi connectivity index (χ1n) is 45.3. The molecule has 20 aromatic rings. The van der Waals surface area contributed by atoms with E-state index in [1.807, 2.05) is 142 Å². The largest absolute Gasteiger partial charge is 0.493 e. The summed E-state index contributed by atoms with van der Waals surface area (Å²) in [6, 6.07) is 43.4. The van der Waals surface area contributed by atoms with Crippen LogP contribution in [0.2, 0.25) is 20.1 Å². The van der Waals surface area contributed by atoms with Crippen molar-refractivity contribution < 1.29 is 51.0 Å². The number of hydrogen-bond donors (Lipinski definition) is 12. The molecule has 0 bridgehead atoms. The van der Waals surface area contributed by atoms with Gasteiger partial charge in [0.15, 0.2) is 41.4 Å². The number of esters is 1. The van der Waals surface area contributed by atoms with Gasteiger partial charge in [-0.25, -0.2) is 27.8 Å². The molecule has 0 fully saturated rings. The van der Waals surface area contributed by atoms with Gasteiger partial charge in [0.05, 0.1) is 128 Å². The van der Waals surface area contributed by atoms with Crippen LogP contribution in [0.5, 0.6) is 11.5 Å². The number of anilines is 10. The number of ether oxygens (including phenoxy) is 3. The number of aromatic nitrogens is 27. The lowest BCUT2D eigenvalue weighted by Gasteiger charge is -2.30. The van der Waals surface area contributed by atoms with Crippen LogP contribution in [0.4, 0.5) is 75.7 Å². The minimum Gasteiger partial charge on any atom is -0.493 e. The number of rotatable bonds is 25. The summed E-state index contributed by atoms with van der Waals surface area (Å²) in [5.41, 5.74) is 15.0. The molecular weight excluding hydrogens is 1990 g/mol. The maximum atomic E-state index is 14.4. The SMILES string of the molecule is CC(C)C(=O)N1CCc2cc(-c3nc(Nc4ccc5[nH]ncc5c4Cl)n(C)n3)ccc2C1.CCNC(=O)c1ccc(-c2nc(Nc3ccc4[nH]ncc4c3Cl)n(C)n2)cc1F.COC(=O)Cc1ccc(-c2nc(Nc3ccc4[nH]ncc4c3Cl)n(C)n2)cc1.COc1cc(-c2nc(Nc3ccc4[nH]ncc4c3)n(C)n2)ccc1OCC(=O)NC(C)C(F)(F)F.Cn1nccc1-c1nc(Nc2ccc3[nH]ncc3c2Cl)n(C)n1. The summed E-state index contributed by atoms with van der Waals surface area (Å²) >= 11 is 25.9. The normalized spacial score (nSPS) is 11.9. The second-order valence-electron chi connectivity index (χ2n) is 33.7. The van der Waals surface area contributed by atoms with Crippen LogP contribution in [0.15, 0.2) is 189 Å². The number of nitrogens with one attached hydrogen (secondary N) is 12. The van der Waals surface area contributed by atoms with Gasteiger partial charge in [-0.1, -0.05) is 103 Å². The van der Waals surface area contributed by atoms with Crippen molar-refractivity contribution in [3.63, 3.8) is 0 Å². The number of benzene rings is 9. The Balaban J connectivity index is 0.000000126. The quantitative estimate of drug-likeness (QED) is 0.0187. The fourth-order valence-corrected chi connectivity index (χ4v) is 16.4. The zero-order valence-corrected chi connectivity index (χ0v) is 83.5. The topological polar surface area (TPSA) is 498 Å². The molecule has 50 heteroatoms. The average molecular weight is 2080 g/mol. The molecule has 21 rings (SSSR count). The van der Waals surface area contributed by atoms with Crippen molar-refractivity contribution in [2.45, 2.75) is 59.3 Å². The molecule has 0 saturated heterocycles. The summed E-state index contributed by atoms with van der Waals surface area (Å²) in [5, 5.41) is 87.7. The smallest absolute Gasteiger partial charge is 0.408 e. The summed E-state index contributed by atoms with van der Waals surface area (Å²) in [5.74, 6) is 3.58. The monoisotopic (exact) mass is 2080 g/mol. The number of methoxy groups -OCH3 is 2. The van der Waals surface area contributed by atoms with Gasteiger partial charge < -0.3 is 56.3 Å². The van der Waals surface area contributed by atoms with E-state index in [4.69, 9.17) is 60.9 Å². The molecular formula is C97H93Cl4F4N35O7. The molecule has 12 N–H and O–H groups in total. The Labute approximate surface area is 852 Å². The molecule has 0 radical (unpaired) electrons. The molecule has 9 aromatic carbocycles. The number of hydrogen-bond acceptors (Lipinski definition) is 28. The maximum Gasteiger partial charge on any atom is 0.408 e. The predicted molar refractivity (Wildman–Crippen MR) is 549 cm³/mol. The number of aromatic amines is 5. The third-order valence-electron chi connectivity index (χ3n) is 23.3. The summed E-state index contributed by atoms with van der Waals surface area (Å²) < 4.78 is 77.4. The fourth-order valence-electron chi connectivity index (χ4n) is 15.4. The van der Waals surface area contributed by atoms with Crippen molar-refractivity contribution in [1.29, 1.82) is 0 Å². The molecule has 42 nitrogen and oxygen atoms in total. The van der Waals surface area contributed by atoms with Crippen molar-refractivity contribution in [3.8, 4) is 68.6 Å². The van der Waals surface area contributed by atoms with Crippen molar-refractivity contribution in [1.82, 2.24) is 150 Å². The van der Waals surface area contributed by atoms with Crippen molar-refractivity contribution in [2.24, 2.45) is 48.2 Å². The van der Waals surface area contributed by atoms with E-state index in [9.17, 15) is 36.7 Å². The van der Waals surface area contributed by atoms with E-state index in [1.165, 1.54) is 48.2 Å². The molecule has 11 aromatic heterocycles. The van der Waals surface area contributed by atoms with E-state index >= 15 is 0 Å². The van der Waals surface area contributed by atoms with Gasteiger partial charge in [0, 0.05) is 129 Å². The number of nitrogens with zero attached hydrogens (tertiary/aromatic N) is 23. The highest BCUT2D eigenvalue weighted by molar-refractivity contribution is 6.40. The zero-order valence-electron chi connectivity index (χ0n) is 80.5. The Kier molecular flexibility index (Phi) is 30.1. The number of aryl methyl sites for hydroxylation is 6. The number of amides is 3. The highest BCUT2D eigenvalue weighted by atomic mass is 35.5. The van der Waals surface area contributed by atoms with E-state index in [1.54, 1.807) is 113 Å². The van der Waals surface area contributed by atoms with Gasteiger partial charge in [0.1, 0.15) is 17.6 Å². The lowest BCUT2D eigenvalue weighted by Crippen LogP contribution is -2.44. The first-order chi connectivity index (χ1) is 70.7. The van der Waals surface area contributed by atoms with Crippen LogP contribution in [0, 0.1) is 11.7 Å². The second-order valence-corrected chi connectivity index (χ2v) is 35.2. The summed E-state index contributed by atoms with van der Waals surface area (Å²) in [4.78, 5) is 72.0. The molecule has 754 valence electrons. The Morgan fingerprint density at radius 3 is 1.37 bits per heavy atom. The Morgan fingerprint density at radius 1 is 0.469 bits per heavy atom. The van der Waals surface area contributed by atoms with Gasteiger partial charge >= 0.3 is 12.1 Å². The van der Waals surface area contributed by atoms with Crippen LogP contribution in [-0.2, 0) is 80.8 Å². The third kappa shape index (κ3) is 23.0. The van der Waals surface area contributed by atoms with Crippen molar-refractivity contribution in [2.75, 3.05) is 60.5 Å². The molecule has 1 atom stereocenters. The summed E-state index contributed by atoms with van der Waals surface area (Å²) in [6.07, 6.45) is 6.68. The molecule has 0 saturated carbocycles. The summed E-state index contributed by atoms with van der Waals surface area (Å²) in [7, 11) is 13.5. The van der Waals surface area contributed by atoms with Crippen LogP contribution in [0.1, 0.15) is 54.7 Å². The summed E-state index contributed by atoms with van der Waals surface area (Å²) in [6.45, 7) is 7.73. The van der Waals surface area contributed by atoms with Crippen LogP contribution in [-0.4, -0.2) is 209 Å². The molecule has 3 amide bonds. The van der Waals surface area contributed by atoms with Gasteiger partial charge in [-0.2, -0.15) is 68.7 Å². The molecule has 1 aliphatic heterocycles. The number of halogens is 8. The van der Waals surface area contributed by atoms with Gasteiger partial charge in [0.2, 0.25) is 41.5 Å². The highest BCUT2D eigenvalue weighted by Gasteiger charge is 2.37. The van der Waals surface area contributed by atoms with Crippen molar-refractivity contribution >= 4 is 183 Å². The molecule has 12 heterocycles. The maximum absolute atomic E-state index is 14.4. The Bertz CT molecular complexity index is 8240. The van der Waals surface area contributed by atoms with E-state index in [0.29, 0.717) is 115 Å². The lowest BCUT2D eigenvalue weighted by atomic mass is 9.96. The minimum absolute atomic E-state index is 0.0159. The minimum atomic E-state index is -4.54. The van der Waals surface area contributed by atoms with Crippen LogP contribution in [0.3, 0.4) is 0 Å². The van der Waals surface area contributed by atoms with Crippen LogP contribution < -0.4 is 46.7 Å². The van der Waals surface area contributed by atoms with Gasteiger partial charge in [0.25, 0.3) is 11.8 Å². The zero-order chi connectivity index (χ0) is 104. The molecule has 0 spiro atoms. The number of fused-ring (bicyclic) bond motifs is 6. The van der Waals surface area contributed by atoms with Crippen molar-refractivity contribution in [3.05, 3.63) is 237 Å². The van der Waals surface area contributed by atoms with E-state index in [2.05, 4.69) is 150 Å². The van der Waals surface area contributed by atoms with Gasteiger partial charge in [-0.15, -0.1) is 25.5 Å². The standard InChI is InChI=1S/C23H24ClN7O.C22H22F3N7O3.C19H17ClFN7O.C19H17ClN6O2.C14H13ClN8/c1-13(2)22(32)31-9-8-14-10-15(4-5-16(14)12-31)21-27-23(30(3)29-21)26-19-7-6-18-17(20(19)24)11-25-28-18;1-12(22(23,24)25)27-19(33)11-35-17-7-4-13(9-18(17)34-3)20-29-21(32(2)31-20)28-15-5-6-16-14(8-15)10-26-30-16;1-3-22-18(29)11-5-4-10(8-13(11)21)17-25-19(28(2)27-17)24-15-7-6-14-12(16(15)20)9-23-26-14;1-26-19(22-15-8-7-14-13(17(15)20)10-21-24-14)23-18(25-26)12-5-3-11(4-6-12)9-16(27)28-2;1-22-11(5-6-17-22)13-19-14(23(2)21-13)18-10-4-3-9-8(12(10)15)7-16-20-9/h4-7,10-11,13H,8-9,12H2,1-3H3,(H,25,28)(H,26,27,29);4-10,12H,11H2,1-3H3,(H,26,30)(H,27,33)(H,28,29,31);4-9H,3H2,1-2H3,(H,22,29)(H,23,26)(H,24,25,27);3-8,10H,9H2,1-2H3,(H,21,24)(H,22,23,25);3-7H,1-2H3,(H,16,20)(H,18,19,21). The van der Waals surface area contributed by atoms with E-state index in [-0.39, 0.29) is 41.3 Å². The Morgan fingerprint density at radius 2 is 0.905 bits per heavy atom. The van der Waals surface area contributed by atoms with Gasteiger partial charge in [-0.05, 0) is 146 Å². The number of carbonyl (C=O) groups is 4. The third-order valence-corrected chi connectivity index (χ3v) is 24.9. The predicted octanol–water partition coefficient (Wildman–Crippen LogP) is 17.5. The van der Waals surface area contributed by atoms with E-state index < -0.39 is 36.5 Å². The molecule has 0 aliphatic carbocycles. The first-order valence-corrected chi connectivity index (χ1v) is 46.8. The highest BCUT2D eigenvalue weighted by Crippen LogP contribution is 2.40. The Hall–Kier alpha value is -17.4. The number of alkyl halides is 3. The van der Waals surface area contributed by atoms with Crippen LogP contribution in [0.25, 0.3) is 112 Å². The molecule has 1 aliphatic rings. The van der Waals surface area contributed by atoms with Gasteiger partial charge in [-0.3, -0.25) is 49.4 Å². The van der Waals surface area contributed by atoms with Crippen LogP contribution >= 0.6 is 46.4 Å². The van der Waals surface area contributed by atoms with E-state index in [0.717, 1.165) is 114 Å². The number of carbonyl (C=O) groups excluding carboxylic acids is 4.